The quantitative estimate of drug-likeness (QED) is 0.904. The molecule has 23 heavy (non-hydrogen) atoms. The lowest BCUT2D eigenvalue weighted by Crippen LogP contribution is -2.50. The van der Waals surface area contributed by atoms with Gasteiger partial charge in [0.2, 0.25) is 5.91 Å². The maximum atomic E-state index is 12.3. The first-order chi connectivity index (χ1) is 11.1. The third-order valence-electron chi connectivity index (χ3n) is 4.74. The summed E-state index contributed by atoms with van der Waals surface area (Å²) >= 11 is 0. The van der Waals surface area contributed by atoms with Crippen LogP contribution in [0.2, 0.25) is 0 Å². The Morgan fingerprint density at radius 3 is 2.83 bits per heavy atom. The highest BCUT2D eigenvalue weighted by atomic mass is 16.5. The summed E-state index contributed by atoms with van der Waals surface area (Å²) in [5.41, 5.74) is 0.365. The summed E-state index contributed by atoms with van der Waals surface area (Å²) in [7, 11) is 0. The normalized spacial score (nSPS) is 24.5. The zero-order valence-electron chi connectivity index (χ0n) is 13.9. The van der Waals surface area contributed by atoms with E-state index in [1.165, 1.54) is 0 Å². The fourth-order valence-corrected chi connectivity index (χ4v) is 3.25. The molecule has 1 aliphatic carbocycles. The van der Waals surface area contributed by atoms with Gasteiger partial charge in [0.25, 0.3) is 5.91 Å². The number of rotatable bonds is 5. The molecule has 6 nitrogen and oxygen atoms in total. The van der Waals surface area contributed by atoms with Crippen molar-refractivity contribution in [3.8, 4) is 0 Å². The van der Waals surface area contributed by atoms with Crippen LogP contribution in [0.15, 0.2) is 10.6 Å². The second-order valence-corrected chi connectivity index (χ2v) is 6.77. The predicted molar refractivity (Wildman–Crippen MR) is 85.0 cm³/mol. The highest BCUT2D eigenvalue weighted by Crippen LogP contribution is 2.40. The van der Waals surface area contributed by atoms with E-state index >= 15 is 0 Å². The van der Waals surface area contributed by atoms with Gasteiger partial charge in [-0.1, -0.05) is 12.1 Å². The molecular formula is C17H25N3O3. The molecule has 0 bridgehead atoms. The topological polar surface area (TPSA) is 75.4 Å². The third kappa shape index (κ3) is 3.74. The Hall–Kier alpha value is -1.85. The van der Waals surface area contributed by atoms with E-state index in [4.69, 9.17) is 4.52 Å². The number of carbonyl (C=O) groups is 2. The predicted octanol–water partition coefficient (Wildman–Crippen LogP) is 2.46. The Morgan fingerprint density at radius 2 is 2.17 bits per heavy atom. The van der Waals surface area contributed by atoms with Crippen LogP contribution in [0.1, 0.15) is 74.5 Å². The van der Waals surface area contributed by atoms with Crippen LogP contribution in [0.5, 0.6) is 0 Å². The first-order valence-corrected chi connectivity index (χ1v) is 8.65. The van der Waals surface area contributed by atoms with E-state index in [9.17, 15) is 9.59 Å². The minimum absolute atomic E-state index is 0.0873. The number of aromatic nitrogens is 1. The van der Waals surface area contributed by atoms with Crippen molar-refractivity contribution in [3.63, 3.8) is 0 Å². The van der Waals surface area contributed by atoms with Gasteiger partial charge >= 0.3 is 0 Å². The summed E-state index contributed by atoms with van der Waals surface area (Å²) in [6.45, 7) is 4.77. The van der Waals surface area contributed by atoms with Crippen molar-refractivity contribution in [1.29, 1.82) is 0 Å². The Bertz CT molecular complexity index is 579. The summed E-state index contributed by atoms with van der Waals surface area (Å²) < 4.78 is 5.23. The van der Waals surface area contributed by atoms with E-state index in [-0.39, 0.29) is 23.9 Å². The molecule has 0 unspecified atom stereocenters. The third-order valence-corrected chi connectivity index (χ3v) is 4.74. The summed E-state index contributed by atoms with van der Waals surface area (Å²) in [5, 5.41) is 6.91. The fourth-order valence-electron chi connectivity index (χ4n) is 3.25. The van der Waals surface area contributed by atoms with Crippen molar-refractivity contribution in [2.45, 2.75) is 70.4 Å². The average molecular weight is 319 g/mol. The van der Waals surface area contributed by atoms with E-state index in [2.05, 4.69) is 10.5 Å². The standard InChI is InChI=1S/C17H25N3O3/c1-3-4-16(21)20-8-7-13(9-11(20)2)18-17(22)14-10-15(23-19-14)12-5-6-12/h10-13H,3-9H2,1-2H3,(H,18,22)/t11-,13+/m0/s1. The Kier molecular flexibility index (Phi) is 4.68. The highest BCUT2D eigenvalue weighted by molar-refractivity contribution is 5.92. The molecular weight excluding hydrogens is 294 g/mol. The van der Waals surface area contributed by atoms with Crippen LogP contribution in [0.25, 0.3) is 0 Å². The molecule has 0 aromatic carbocycles. The van der Waals surface area contributed by atoms with Crippen molar-refractivity contribution < 1.29 is 14.1 Å². The maximum absolute atomic E-state index is 12.3. The van der Waals surface area contributed by atoms with Crippen molar-refractivity contribution in [1.82, 2.24) is 15.4 Å². The van der Waals surface area contributed by atoms with Gasteiger partial charge in [-0.2, -0.15) is 0 Å². The first-order valence-electron chi connectivity index (χ1n) is 8.65. The average Bonchev–Trinajstić information content (AvgIpc) is 3.24. The van der Waals surface area contributed by atoms with Crippen molar-refractivity contribution in [2.75, 3.05) is 6.54 Å². The lowest BCUT2D eigenvalue weighted by atomic mass is 9.97. The largest absolute Gasteiger partial charge is 0.360 e. The molecule has 6 heteroatoms. The smallest absolute Gasteiger partial charge is 0.273 e. The molecule has 2 aliphatic rings. The molecule has 2 fully saturated rings. The van der Waals surface area contributed by atoms with Gasteiger partial charge in [-0.05, 0) is 39.0 Å². The molecule has 0 spiro atoms. The summed E-state index contributed by atoms with van der Waals surface area (Å²) in [6.07, 6.45) is 5.30. The molecule has 1 aromatic rings. The van der Waals surface area contributed by atoms with Crippen LogP contribution >= 0.6 is 0 Å². The molecule has 2 atom stereocenters. The minimum Gasteiger partial charge on any atom is -0.360 e. The van der Waals surface area contributed by atoms with Crippen molar-refractivity contribution in [2.24, 2.45) is 0 Å². The number of nitrogens with zero attached hydrogens (tertiary/aromatic N) is 2. The van der Waals surface area contributed by atoms with Crippen LogP contribution in [0, 0.1) is 0 Å². The zero-order chi connectivity index (χ0) is 16.4. The fraction of sp³-hybridized carbons (Fsp3) is 0.706. The van der Waals surface area contributed by atoms with Crippen LogP contribution in [-0.2, 0) is 4.79 Å². The lowest BCUT2D eigenvalue weighted by Gasteiger charge is -2.38. The summed E-state index contributed by atoms with van der Waals surface area (Å²) in [6, 6.07) is 2.01. The Morgan fingerprint density at radius 1 is 1.39 bits per heavy atom. The van der Waals surface area contributed by atoms with E-state index in [1.807, 2.05) is 18.7 Å². The van der Waals surface area contributed by atoms with Gasteiger partial charge in [-0.15, -0.1) is 0 Å². The van der Waals surface area contributed by atoms with Gasteiger partial charge in [0.15, 0.2) is 5.69 Å². The minimum atomic E-state index is -0.175. The Labute approximate surface area is 136 Å². The molecule has 1 saturated heterocycles. The van der Waals surface area contributed by atoms with Crippen LogP contribution < -0.4 is 5.32 Å². The Balaban J connectivity index is 1.52. The molecule has 0 radical (unpaired) electrons. The molecule has 1 aliphatic heterocycles. The molecule has 126 valence electrons. The van der Waals surface area contributed by atoms with Gasteiger partial charge in [0, 0.05) is 37.0 Å². The molecule has 2 amide bonds. The number of amides is 2. The van der Waals surface area contributed by atoms with E-state index in [0.29, 0.717) is 24.6 Å². The second-order valence-electron chi connectivity index (χ2n) is 6.77. The van der Waals surface area contributed by atoms with E-state index in [0.717, 1.165) is 37.9 Å². The van der Waals surface area contributed by atoms with Crippen molar-refractivity contribution >= 4 is 11.8 Å². The zero-order valence-corrected chi connectivity index (χ0v) is 13.9. The number of carbonyl (C=O) groups excluding carboxylic acids is 2. The monoisotopic (exact) mass is 319 g/mol. The number of nitrogens with one attached hydrogen (secondary N) is 1. The summed E-state index contributed by atoms with van der Waals surface area (Å²) in [4.78, 5) is 26.3. The van der Waals surface area contributed by atoms with Crippen LogP contribution in [0.4, 0.5) is 0 Å². The molecule has 1 aromatic heterocycles. The number of hydrogen-bond donors (Lipinski definition) is 1. The van der Waals surface area contributed by atoms with Crippen molar-refractivity contribution in [3.05, 3.63) is 17.5 Å². The number of piperidine rings is 1. The van der Waals surface area contributed by atoms with Gasteiger partial charge in [0.1, 0.15) is 5.76 Å². The lowest BCUT2D eigenvalue weighted by molar-refractivity contribution is -0.134. The molecule has 3 rings (SSSR count). The highest BCUT2D eigenvalue weighted by Gasteiger charge is 2.31. The maximum Gasteiger partial charge on any atom is 0.273 e. The van der Waals surface area contributed by atoms with Gasteiger partial charge in [-0.3, -0.25) is 9.59 Å². The first kappa shape index (κ1) is 16.0. The van der Waals surface area contributed by atoms with E-state index in [1.54, 1.807) is 6.07 Å². The number of likely N-dealkylation sites (tertiary alicyclic amines) is 1. The SMILES string of the molecule is CCCC(=O)N1CC[C@@H](NC(=O)c2cc(C3CC3)on2)C[C@@H]1C. The van der Waals surface area contributed by atoms with Gasteiger partial charge in [-0.25, -0.2) is 0 Å². The van der Waals surface area contributed by atoms with E-state index < -0.39 is 0 Å². The molecule has 1 saturated carbocycles. The van der Waals surface area contributed by atoms with Crippen LogP contribution in [-0.4, -0.2) is 40.5 Å². The number of hydrogen-bond acceptors (Lipinski definition) is 4. The van der Waals surface area contributed by atoms with Gasteiger partial charge in [0.05, 0.1) is 0 Å². The molecule has 2 heterocycles. The molecule has 1 N–H and O–H groups in total. The summed E-state index contributed by atoms with van der Waals surface area (Å²) in [5.74, 6) is 1.32. The second kappa shape index (κ2) is 6.72. The van der Waals surface area contributed by atoms with Gasteiger partial charge < -0.3 is 14.7 Å². The van der Waals surface area contributed by atoms with Crippen LogP contribution in [0.3, 0.4) is 0 Å².